The van der Waals surface area contributed by atoms with Crippen LogP contribution in [-0.4, -0.2) is 24.7 Å². The van der Waals surface area contributed by atoms with Crippen molar-refractivity contribution in [3.63, 3.8) is 0 Å². The molecule has 0 amide bonds. The van der Waals surface area contributed by atoms with E-state index in [1.807, 2.05) is 26.1 Å². The van der Waals surface area contributed by atoms with Gasteiger partial charge in [-0.3, -0.25) is 4.98 Å². The van der Waals surface area contributed by atoms with Gasteiger partial charge in [-0.1, -0.05) is 6.07 Å². The van der Waals surface area contributed by atoms with Crippen LogP contribution in [0.25, 0.3) is 0 Å². The van der Waals surface area contributed by atoms with E-state index in [-0.39, 0.29) is 0 Å². The molecule has 1 atom stereocenters. The Hall–Kier alpha value is -0.930. The standard InChI is InChI=1S/C11H18N2O/c1-9(12-3)7-14-8-11-5-4-6-13-10(11)2/h4-6,9,12H,7-8H2,1-3H3. The number of aryl methyl sites for hydroxylation is 1. The summed E-state index contributed by atoms with van der Waals surface area (Å²) in [5, 5.41) is 3.13. The summed E-state index contributed by atoms with van der Waals surface area (Å²) in [6.45, 7) is 5.47. The quantitative estimate of drug-likeness (QED) is 0.771. The summed E-state index contributed by atoms with van der Waals surface area (Å²) in [5.41, 5.74) is 2.21. The molecule has 0 aliphatic heterocycles. The normalized spacial score (nSPS) is 12.8. The van der Waals surface area contributed by atoms with Crippen LogP contribution in [0.15, 0.2) is 18.3 Å². The van der Waals surface area contributed by atoms with E-state index in [1.54, 1.807) is 6.20 Å². The van der Waals surface area contributed by atoms with E-state index in [2.05, 4.69) is 17.2 Å². The second-order valence-corrected chi connectivity index (χ2v) is 3.45. The number of nitrogens with one attached hydrogen (secondary N) is 1. The number of pyridine rings is 1. The Bertz CT molecular complexity index is 276. The molecule has 1 heterocycles. The van der Waals surface area contributed by atoms with Gasteiger partial charge in [-0.15, -0.1) is 0 Å². The summed E-state index contributed by atoms with van der Waals surface area (Å²) >= 11 is 0. The highest BCUT2D eigenvalue weighted by Crippen LogP contribution is 2.05. The molecule has 0 aliphatic carbocycles. The van der Waals surface area contributed by atoms with Crippen LogP contribution in [0.1, 0.15) is 18.2 Å². The van der Waals surface area contributed by atoms with E-state index in [0.717, 1.165) is 17.9 Å². The molecule has 0 aliphatic rings. The number of ether oxygens (including phenoxy) is 1. The number of likely N-dealkylation sites (N-methyl/N-ethyl adjacent to an activating group) is 1. The van der Waals surface area contributed by atoms with Gasteiger partial charge in [0, 0.05) is 17.9 Å². The van der Waals surface area contributed by atoms with Crippen LogP contribution < -0.4 is 5.32 Å². The summed E-state index contributed by atoms with van der Waals surface area (Å²) in [6, 6.07) is 4.38. The molecule has 1 rings (SSSR count). The lowest BCUT2D eigenvalue weighted by Gasteiger charge is -2.11. The van der Waals surface area contributed by atoms with Gasteiger partial charge in [-0.25, -0.2) is 0 Å². The van der Waals surface area contributed by atoms with Gasteiger partial charge < -0.3 is 10.1 Å². The molecule has 0 fully saturated rings. The molecule has 0 saturated carbocycles. The second-order valence-electron chi connectivity index (χ2n) is 3.45. The minimum absolute atomic E-state index is 0.395. The Balaban J connectivity index is 2.35. The first-order valence-electron chi connectivity index (χ1n) is 4.89. The van der Waals surface area contributed by atoms with Crippen LogP contribution in [0.2, 0.25) is 0 Å². The Morgan fingerprint density at radius 2 is 2.36 bits per heavy atom. The highest BCUT2D eigenvalue weighted by Gasteiger charge is 2.00. The van der Waals surface area contributed by atoms with Crippen molar-refractivity contribution < 1.29 is 4.74 Å². The monoisotopic (exact) mass is 194 g/mol. The lowest BCUT2D eigenvalue weighted by molar-refractivity contribution is 0.104. The molecule has 0 saturated heterocycles. The minimum atomic E-state index is 0.395. The molecular formula is C11H18N2O. The Morgan fingerprint density at radius 3 is 3.00 bits per heavy atom. The SMILES string of the molecule is CNC(C)COCc1cccnc1C. The number of hydrogen-bond donors (Lipinski definition) is 1. The van der Waals surface area contributed by atoms with Crippen LogP contribution in [0.5, 0.6) is 0 Å². The van der Waals surface area contributed by atoms with E-state index >= 15 is 0 Å². The molecule has 1 N–H and O–H groups in total. The van der Waals surface area contributed by atoms with Crippen molar-refractivity contribution in [2.45, 2.75) is 26.5 Å². The van der Waals surface area contributed by atoms with Crippen molar-refractivity contribution in [2.24, 2.45) is 0 Å². The fraction of sp³-hybridized carbons (Fsp3) is 0.545. The maximum absolute atomic E-state index is 5.55. The fourth-order valence-corrected chi connectivity index (χ4v) is 1.10. The van der Waals surface area contributed by atoms with Gasteiger partial charge in [-0.2, -0.15) is 0 Å². The first-order valence-corrected chi connectivity index (χ1v) is 4.89. The van der Waals surface area contributed by atoms with Gasteiger partial charge in [0.25, 0.3) is 0 Å². The molecule has 78 valence electrons. The smallest absolute Gasteiger partial charge is 0.0735 e. The maximum atomic E-state index is 5.55. The van der Waals surface area contributed by atoms with Crippen molar-refractivity contribution >= 4 is 0 Å². The zero-order chi connectivity index (χ0) is 10.4. The molecule has 1 aromatic rings. The highest BCUT2D eigenvalue weighted by molar-refractivity contribution is 5.16. The van der Waals surface area contributed by atoms with Gasteiger partial charge in [0.2, 0.25) is 0 Å². The van der Waals surface area contributed by atoms with E-state index in [9.17, 15) is 0 Å². The van der Waals surface area contributed by atoms with Gasteiger partial charge in [-0.05, 0) is 32.5 Å². The molecule has 3 nitrogen and oxygen atoms in total. The van der Waals surface area contributed by atoms with Crippen LogP contribution in [0, 0.1) is 6.92 Å². The summed E-state index contributed by atoms with van der Waals surface area (Å²) in [5.74, 6) is 0. The number of rotatable bonds is 5. The summed E-state index contributed by atoms with van der Waals surface area (Å²) < 4.78 is 5.55. The first kappa shape index (κ1) is 11.1. The molecule has 1 unspecified atom stereocenters. The lowest BCUT2D eigenvalue weighted by Crippen LogP contribution is -2.26. The average molecular weight is 194 g/mol. The zero-order valence-electron chi connectivity index (χ0n) is 9.08. The summed E-state index contributed by atoms with van der Waals surface area (Å²) in [7, 11) is 1.93. The molecule has 1 aromatic heterocycles. The maximum Gasteiger partial charge on any atom is 0.0735 e. The molecule has 0 spiro atoms. The number of nitrogens with zero attached hydrogens (tertiary/aromatic N) is 1. The van der Waals surface area contributed by atoms with Gasteiger partial charge in [0.1, 0.15) is 0 Å². The summed E-state index contributed by atoms with van der Waals surface area (Å²) in [6.07, 6.45) is 1.80. The van der Waals surface area contributed by atoms with Gasteiger partial charge >= 0.3 is 0 Å². The Kier molecular flexibility index (Phi) is 4.56. The fourth-order valence-electron chi connectivity index (χ4n) is 1.10. The van der Waals surface area contributed by atoms with Crippen molar-refractivity contribution in [3.8, 4) is 0 Å². The zero-order valence-corrected chi connectivity index (χ0v) is 9.08. The third-order valence-corrected chi connectivity index (χ3v) is 2.23. The predicted octanol–water partition coefficient (Wildman–Crippen LogP) is 1.51. The highest BCUT2D eigenvalue weighted by atomic mass is 16.5. The third kappa shape index (κ3) is 3.44. The molecule has 3 heteroatoms. The van der Waals surface area contributed by atoms with Gasteiger partial charge in [0.05, 0.1) is 13.2 Å². The van der Waals surface area contributed by atoms with Gasteiger partial charge in [0.15, 0.2) is 0 Å². The van der Waals surface area contributed by atoms with Crippen molar-refractivity contribution in [3.05, 3.63) is 29.6 Å². The average Bonchev–Trinajstić information content (AvgIpc) is 2.20. The van der Waals surface area contributed by atoms with E-state index in [4.69, 9.17) is 4.74 Å². The molecule has 0 bridgehead atoms. The van der Waals surface area contributed by atoms with E-state index in [0.29, 0.717) is 12.6 Å². The minimum Gasteiger partial charge on any atom is -0.375 e. The van der Waals surface area contributed by atoms with E-state index < -0.39 is 0 Å². The van der Waals surface area contributed by atoms with Crippen molar-refractivity contribution in [1.82, 2.24) is 10.3 Å². The molecule has 14 heavy (non-hydrogen) atoms. The lowest BCUT2D eigenvalue weighted by atomic mass is 10.2. The topological polar surface area (TPSA) is 34.1 Å². The van der Waals surface area contributed by atoms with Crippen molar-refractivity contribution in [1.29, 1.82) is 0 Å². The van der Waals surface area contributed by atoms with Crippen LogP contribution in [0.4, 0.5) is 0 Å². The number of aromatic nitrogens is 1. The van der Waals surface area contributed by atoms with Crippen LogP contribution in [0.3, 0.4) is 0 Å². The molecule has 0 aromatic carbocycles. The Labute approximate surface area is 85.5 Å². The first-order chi connectivity index (χ1) is 6.74. The largest absolute Gasteiger partial charge is 0.375 e. The van der Waals surface area contributed by atoms with E-state index in [1.165, 1.54) is 0 Å². The van der Waals surface area contributed by atoms with Crippen LogP contribution in [-0.2, 0) is 11.3 Å². The Morgan fingerprint density at radius 1 is 1.57 bits per heavy atom. The number of hydrogen-bond acceptors (Lipinski definition) is 3. The summed E-state index contributed by atoms with van der Waals surface area (Å²) in [4.78, 5) is 4.20. The predicted molar refractivity (Wildman–Crippen MR) is 57.2 cm³/mol. The van der Waals surface area contributed by atoms with Crippen molar-refractivity contribution in [2.75, 3.05) is 13.7 Å². The second kappa shape index (κ2) is 5.73. The molecular weight excluding hydrogens is 176 g/mol. The third-order valence-electron chi connectivity index (χ3n) is 2.23. The van der Waals surface area contributed by atoms with Crippen LogP contribution >= 0.6 is 0 Å². The molecule has 0 radical (unpaired) electrons.